The molecule has 0 radical (unpaired) electrons. The Labute approximate surface area is 155 Å². The molecule has 3 rings (SSSR count). The predicted octanol–water partition coefficient (Wildman–Crippen LogP) is 6.47. The van der Waals surface area contributed by atoms with E-state index in [-0.39, 0.29) is 5.78 Å². The highest BCUT2D eigenvalue weighted by Gasteiger charge is 2.10. The SMILES string of the molecule is O=C(c1ccc(Cl)cc1)c1ccc(Cc2c(Cl)cccc2Cl)cc1. The molecule has 0 unspecified atom stereocenters. The van der Waals surface area contributed by atoms with Gasteiger partial charge in [-0.2, -0.15) is 0 Å². The van der Waals surface area contributed by atoms with E-state index in [2.05, 4.69) is 0 Å². The van der Waals surface area contributed by atoms with Gasteiger partial charge < -0.3 is 0 Å². The van der Waals surface area contributed by atoms with Gasteiger partial charge in [-0.1, -0.05) is 65.1 Å². The first-order valence-electron chi connectivity index (χ1n) is 7.36. The molecule has 3 aromatic rings. The second-order valence-corrected chi connectivity index (χ2v) is 6.66. The third kappa shape index (κ3) is 3.81. The van der Waals surface area contributed by atoms with Crippen LogP contribution >= 0.6 is 34.8 Å². The molecule has 0 spiro atoms. The number of benzene rings is 3. The monoisotopic (exact) mass is 374 g/mol. The molecule has 0 saturated heterocycles. The van der Waals surface area contributed by atoms with Crippen LogP contribution in [-0.2, 0) is 6.42 Å². The molecule has 0 saturated carbocycles. The van der Waals surface area contributed by atoms with E-state index in [1.54, 1.807) is 24.3 Å². The van der Waals surface area contributed by atoms with Crippen LogP contribution in [0.1, 0.15) is 27.0 Å². The van der Waals surface area contributed by atoms with Gasteiger partial charge in [-0.3, -0.25) is 4.79 Å². The zero-order chi connectivity index (χ0) is 17.1. The molecule has 0 aliphatic carbocycles. The normalized spacial score (nSPS) is 10.6. The molecule has 0 fully saturated rings. The van der Waals surface area contributed by atoms with Gasteiger partial charge in [0.25, 0.3) is 0 Å². The van der Waals surface area contributed by atoms with Gasteiger partial charge in [0, 0.05) is 32.6 Å². The number of carbonyl (C=O) groups is 1. The van der Waals surface area contributed by atoms with Gasteiger partial charge in [-0.25, -0.2) is 0 Å². The van der Waals surface area contributed by atoms with Crippen molar-refractivity contribution >= 4 is 40.6 Å². The molecule has 4 heteroatoms. The Balaban J connectivity index is 1.80. The fourth-order valence-corrected chi connectivity index (χ4v) is 3.10. The Morgan fingerprint density at radius 3 is 1.75 bits per heavy atom. The van der Waals surface area contributed by atoms with E-state index < -0.39 is 0 Å². The smallest absolute Gasteiger partial charge is 0.193 e. The quantitative estimate of drug-likeness (QED) is 0.478. The Morgan fingerprint density at radius 1 is 0.708 bits per heavy atom. The Kier molecular flexibility index (Phi) is 5.25. The highest BCUT2D eigenvalue weighted by atomic mass is 35.5. The van der Waals surface area contributed by atoms with Crippen LogP contribution < -0.4 is 0 Å². The first kappa shape index (κ1) is 17.0. The third-order valence-corrected chi connectivity index (χ3v) is 4.73. The largest absolute Gasteiger partial charge is 0.289 e. The Hall–Kier alpha value is -1.80. The topological polar surface area (TPSA) is 17.1 Å². The van der Waals surface area contributed by atoms with E-state index in [9.17, 15) is 4.79 Å². The van der Waals surface area contributed by atoms with Crippen LogP contribution in [0.5, 0.6) is 0 Å². The van der Waals surface area contributed by atoms with Crippen LogP contribution in [0.3, 0.4) is 0 Å². The molecule has 3 aromatic carbocycles. The first-order chi connectivity index (χ1) is 11.5. The van der Waals surface area contributed by atoms with Crippen LogP contribution in [0, 0.1) is 0 Å². The van der Waals surface area contributed by atoms with Crippen LogP contribution in [0.2, 0.25) is 15.1 Å². The maximum Gasteiger partial charge on any atom is 0.193 e. The lowest BCUT2D eigenvalue weighted by Crippen LogP contribution is -2.01. The molecule has 0 aliphatic heterocycles. The molecule has 0 aromatic heterocycles. The maximum atomic E-state index is 12.5. The lowest BCUT2D eigenvalue weighted by Gasteiger charge is -2.08. The summed E-state index contributed by atoms with van der Waals surface area (Å²) in [5.41, 5.74) is 3.17. The highest BCUT2D eigenvalue weighted by Crippen LogP contribution is 2.27. The average molecular weight is 376 g/mol. The molecule has 0 amide bonds. The summed E-state index contributed by atoms with van der Waals surface area (Å²) >= 11 is 18.3. The van der Waals surface area contributed by atoms with Crippen molar-refractivity contribution in [3.05, 3.63) is 104 Å². The van der Waals surface area contributed by atoms with E-state index in [4.69, 9.17) is 34.8 Å². The minimum atomic E-state index is -0.0333. The summed E-state index contributed by atoms with van der Waals surface area (Å²) in [4.78, 5) is 12.5. The van der Waals surface area contributed by atoms with E-state index in [0.717, 1.165) is 11.1 Å². The molecular weight excluding hydrogens is 363 g/mol. The standard InChI is InChI=1S/C20H13Cl3O/c21-16-10-8-15(9-11-16)20(24)14-6-4-13(5-7-14)12-17-18(22)2-1-3-19(17)23/h1-11H,12H2. The summed E-state index contributed by atoms with van der Waals surface area (Å²) in [7, 11) is 0. The van der Waals surface area contributed by atoms with Crippen molar-refractivity contribution in [2.24, 2.45) is 0 Å². The highest BCUT2D eigenvalue weighted by molar-refractivity contribution is 6.36. The van der Waals surface area contributed by atoms with Gasteiger partial charge >= 0.3 is 0 Å². The lowest BCUT2D eigenvalue weighted by molar-refractivity contribution is 0.103. The lowest BCUT2D eigenvalue weighted by atomic mass is 9.99. The summed E-state index contributed by atoms with van der Waals surface area (Å²) < 4.78 is 0. The fourth-order valence-electron chi connectivity index (χ4n) is 2.45. The molecule has 0 heterocycles. The zero-order valence-electron chi connectivity index (χ0n) is 12.6. The van der Waals surface area contributed by atoms with Crippen molar-refractivity contribution in [3.63, 3.8) is 0 Å². The molecule has 0 N–H and O–H groups in total. The molecular formula is C20H13Cl3O. The minimum absolute atomic E-state index is 0.0333. The summed E-state index contributed by atoms with van der Waals surface area (Å²) in [6, 6.07) is 19.8. The van der Waals surface area contributed by atoms with Gasteiger partial charge in [0.1, 0.15) is 0 Å². The van der Waals surface area contributed by atoms with Crippen LogP contribution in [0.4, 0.5) is 0 Å². The number of hydrogen-bond donors (Lipinski definition) is 0. The van der Waals surface area contributed by atoms with E-state index in [0.29, 0.717) is 32.6 Å². The van der Waals surface area contributed by atoms with Crippen LogP contribution in [0.25, 0.3) is 0 Å². The van der Waals surface area contributed by atoms with Crippen LogP contribution in [0.15, 0.2) is 66.7 Å². The zero-order valence-corrected chi connectivity index (χ0v) is 14.9. The van der Waals surface area contributed by atoms with Crippen molar-refractivity contribution < 1.29 is 4.79 Å². The Bertz CT molecular complexity index is 848. The number of hydrogen-bond acceptors (Lipinski definition) is 1. The number of carbonyl (C=O) groups excluding carboxylic acids is 1. The summed E-state index contributed by atoms with van der Waals surface area (Å²) in [6.45, 7) is 0. The molecule has 1 nitrogen and oxygen atoms in total. The minimum Gasteiger partial charge on any atom is -0.289 e. The molecule has 0 bridgehead atoms. The molecule has 120 valence electrons. The summed E-state index contributed by atoms with van der Waals surface area (Å²) in [6.07, 6.45) is 0.619. The number of ketones is 1. The van der Waals surface area contributed by atoms with E-state index >= 15 is 0 Å². The first-order valence-corrected chi connectivity index (χ1v) is 8.50. The Morgan fingerprint density at radius 2 is 1.21 bits per heavy atom. The van der Waals surface area contributed by atoms with Crippen molar-refractivity contribution in [2.45, 2.75) is 6.42 Å². The molecule has 0 atom stereocenters. The third-order valence-electron chi connectivity index (χ3n) is 3.77. The fraction of sp³-hybridized carbons (Fsp3) is 0.0500. The van der Waals surface area contributed by atoms with Gasteiger partial charge in [-0.15, -0.1) is 0 Å². The molecule has 24 heavy (non-hydrogen) atoms. The summed E-state index contributed by atoms with van der Waals surface area (Å²) in [5.74, 6) is -0.0333. The van der Waals surface area contributed by atoms with Crippen molar-refractivity contribution in [1.82, 2.24) is 0 Å². The van der Waals surface area contributed by atoms with Crippen LogP contribution in [-0.4, -0.2) is 5.78 Å². The number of rotatable bonds is 4. The second-order valence-electron chi connectivity index (χ2n) is 5.41. The van der Waals surface area contributed by atoms with E-state index in [1.807, 2.05) is 42.5 Å². The number of halogens is 3. The predicted molar refractivity (Wildman–Crippen MR) is 101 cm³/mol. The molecule has 0 aliphatic rings. The van der Waals surface area contributed by atoms with E-state index in [1.165, 1.54) is 0 Å². The van der Waals surface area contributed by atoms with Gasteiger partial charge in [0.15, 0.2) is 5.78 Å². The van der Waals surface area contributed by atoms with Gasteiger partial charge in [0.2, 0.25) is 0 Å². The average Bonchev–Trinajstić information content (AvgIpc) is 2.59. The maximum absolute atomic E-state index is 12.5. The van der Waals surface area contributed by atoms with Crippen molar-refractivity contribution in [3.8, 4) is 0 Å². The van der Waals surface area contributed by atoms with Crippen molar-refractivity contribution in [2.75, 3.05) is 0 Å². The van der Waals surface area contributed by atoms with Crippen molar-refractivity contribution in [1.29, 1.82) is 0 Å². The van der Waals surface area contributed by atoms with Gasteiger partial charge in [0.05, 0.1) is 0 Å². The van der Waals surface area contributed by atoms with Gasteiger partial charge in [-0.05, 0) is 47.5 Å². The second kappa shape index (κ2) is 7.40. The summed E-state index contributed by atoms with van der Waals surface area (Å²) in [5, 5.41) is 1.89.